The molecular weight excluding hydrogens is 980 g/mol. The number of amides is 2. The number of hydrogen-bond acceptors (Lipinski definition) is 15. The summed E-state index contributed by atoms with van der Waals surface area (Å²) in [6.07, 6.45) is 18.0. The first-order valence-corrected chi connectivity index (χ1v) is 28.3. The second-order valence-electron chi connectivity index (χ2n) is 20.7. The summed E-state index contributed by atoms with van der Waals surface area (Å²) in [7, 11) is -3.03. The third-order valence-electron chi connectivity index (χ3n) is 15.9. The first-order chi connectivity index (χ1) is 35.6. The lowest BCUT2D eigenvalue weighted by atomic mass is 9.78. The van der Waals surface area contributed by atoms with Crippen molar-refractivity contribution in [1.82, 2.24) is 24.8 Å². The Labute approximate surface area is 436 Å². The van der Waals surface area contributed by atoms with Gasteiger partial charge in [-0.2, -0.15) is 0 Å². The third-order valence-corrected chi connectivity index (χ3v) is 17.9. The van der Waals surface area contributed by atoms with Gasteiger partial charge in [-0.05, 0) is 138 Å². The molecule has 0 bridgehead atoms. The number of thiophene rings is 1. The molecule has 74 heavy (non-hydrogen) atoms. The number of piperazine rings is 1. The number of rotatable bonds is 14. The lowest BCUT2D eigenvalue weighted by Gasteiger charge is -2.48. The Morgan fingerprint density at radius 2 is 1.73 bits per heavy atom. The SMILES string of the molecule is C=CC(=O)Nc1cc(Nc2cc(-c3ccnc(N4CCc5c(sc6c5CCCC6)C4=O)c3CO)cnc2OC)ncc1N1CCN(C2CCN(c3ccnc(C4CCC(C)(OP(=O)(O)O)CC4)c3)[C@H](C)C2)C[C@@H]1C. The van der Waals surface area contributed by atoms with Crippen LogP contribution in [0.1, 0.15) is 115 Å². The van der Waals surface area contributed by atoms with Crippen LogP contribution in [0.2, 0.25) is 0 Å². The van der Waals surface area contributed by atoms with Crippen molar-refractivity contribution in [2.45, 2.75) is 128 Å². The van der Waals surface area contributed by atoms with Crippen LogP contribution in [0.15, 0.2) is 67.8 Å². The standard InChI is InChI=1S/C54H67N10O8PS/c1-6-49(66)60-44-28-48(59-45-26-36(29-58-52(45)71-5)39-14-20-56-51(42(39)32-65)64-22-16-41-40-9-7-8-10-47(40)74-50(41)53(64)67)57-30-46(44)63-24-23-61(31-34(63)3)37-15-21-62(33(2)25-37)38-13-19-55-43(27-38)35-11-17-54(4,18-12-35)72-73(68,69)70/h6,13-14,19-20,26-30,33-35,37,65H,1,7-12,15-18,21-25,31-32H2,2-5H3,(H2,68,69,70)(H2,57,59,60,66)/t33-,34+,35?,37?,54?/m1/s1. The van der Waals surface area contributed by atoms with Crippen LogP contribution >= 0.6 is 19.2 Å². The Hall–Kier alpha value is -5.79. The summed E-state index contributed by atoms with van der Waals surface area (Å²) in [5.74, 6) is 0.981. The Kier molecular flexibility index (Phi) is 15.0. The quantitative estimate of drug-likeness (QED) is 0.0520. The number of phosphoric acid groups is 1. The molecule has 0 spiro atoms. The number of ether oxygens (including phenoxy) is 1. The van der Waals surface area contributed by atoms with Crippen molar-refractivity contribution in [3.63, 3.8) is 0 Å². The molecule has 3 fully saturated rings. The highest BCUT2D eigenvalue weighted by Gasteiger charge is 2.40. The van der Waals surface area contributed by atoms with Gasteiger partial charge in [0, 0.05) is 109 Å². The van der Waals surface area contributed by atoms with E-state index in [1.807, 2.05) is 18.3 Å². The number of aryl methyl sites for hydroxylation is 1. The van der Waals surface area contributed by atoms with Gasteiger partial charge in [0.1, 0.15) is 17.3 Å². The van der Waals surface area contributed by atoms with E-state index in [9.17, 15) is 29.0 Å². The van der Waals surface area contributed by atoms with Crippen molar-refractivity contribution in [3.8, 4) is 17.0 Å². The molecule has 2 saturated heterocycles. The highest BCUT2D eigenvalue weighted by Crippen LogP contribution is 2.49. The summed E-state index contributed by atoms with van der Waals surface area (Å²) in [4.78, 5) is 76.0. The van der Waals surface area contributed by atoms with Crippen molar-refractivity contribution in [3.05, 3.63) is 99.9 Å². The van der Waals surface area contributed by atoms with Crippen LogP contribution in [-0.4, -0.2) is 115 Å². The van der Waals surface area contributed by atoms with E-state index < -0.39 is 13.4 Å². The predicted molar refractivity (Wildman–Crippen MR) is 288 cm³/mol. The summed E-state index contributed by atoms with van der Waals surface area (Å²) >= 11 is 1.62. The summed E-state index contributed by atoms with van der Waals surface area (Å²) < 4.78 is 22.5. The van der Waals surface area contributed by atoms with Gasteiger partial charge in [-0.1, -0.05) is 6.58 Å². The van der Waals surface area contributed by atoms with E-state index in [0.717, 1.165) is 106 Å². The third kappa shape index (κ3) is 10.7. The lowest BCUT2D eigenvalue weighted by molar-refractivity contribution is -0.111. The number of anilines is 6. The molecule has 1 saturated carbocycles. The number of hydrogen-bond donors (Lipinski definition) is 5. The van der Waals surface area contributed by atoms with Crippen LogP contribution < -0.4 is 30.1 Å². The Morgan fingerprint density at radius 1 is 0.932 bits per heavy atom. The number of methoxy groups -OCH3 is 1. The minimum absolute atomic E-state index is 0.0709. The van der Waals surface area contributed by atoms with Crippen LogP contribution in [0, 0.1) is 0 Å². The molecule has 2 amide bonds. The normalized spacial score (nSPS) is 23.5. The zero-order valence-corrected chi connectivity index (χ0v) is 44.3. The number of aromatic nitrogens is 4. The summed E-state index contributed by atoms with van der Waals surface area (Å²) in [5.41, 5.74) is 7.65. The molecule has 3 atom stereocenters. The molecule has 1 unspecified atom stereocenters. The van der Waals surface area contributed by atoms with E-state index in [-0.39, 0.29) is 30.4 Å². The van der Waals surface area contributed by atoms with Crippen LogP contribution in [0.5, 0.6) is 5.88 Å². The Bertz CT molecular complexity index is 2980. The Morgan fingerprint density at radius 3 is 2.47 bits per heavy atom. The maximum absolute atomic E-state index is 14.1. The zero-order chi connectivity index (χ0) is 51.9. The number of nitrogens with zero attached hydrogens (tertiary/aromatic N) is 8. The van der Waals surface area contributed by atoms with Crippen LogP contribution in [0.4, 0.5) is 34.4 Å². The lowest BCUT2D eigenvalue weighted by Crippen LogP contribution is -2.58. The van der Waals surface area contributed by atoms with Crippen molar-refractivity contribution in [1.29, 1.82) is 0 Å². The topological polar surface area (TPSA) is 219 Å². The van der Waals surface area contributed by atoms with Crippen molar-refractivity contribution in [2.24, 2.45) is 0 Å². The summed E-state index contributed by atoms with van der Waals surface area (Å²) in [6.45, 7) is 13.5. The minimum Gasteiger partial charge on any atom is -0.480 e. The van der Waals surface area contributed by atoms with Gasteiger partial charge in [0.15, 0.2) is 0 Å². The van der Waals surface area contributed by atoms with Crippen LogP contribution in [0.25, 0.3) is 11.1 Å². The molecule has 20 heteroatoms. The van der Waals surface area contributed by atoms with E-state index in [0.29, 0.717) is 77.1 Å². The van der Waals surface area contributed by atoms with Gasteiger partial charge in [-0.25, -0.2) is 19.5 Å². The molecule has 5 N–H and O–H groups in total. The van der Waals surface area contributed by atoms with Crippen molar-refractivity contribution in [2.75, 3.05) is 65.2 Å². The van der Waals surface area contributed by atoms with Gasteiger partial charge in [0.05, 0.1) is 41.8 Å². The van der Waals surface area contributed by atoms with E-state index >= 15 is 0 Å². The summed E-state index contributed by atoms with van der Waals surface area (Å²) in [6, 6.07) is 10.6. The molecule has 392 valence electrons. The van der Waals surface area contributed by atoms with Gasteiger partial charge in [0.2, 0.25) is 11.8 Å². The number of nitrogens with one attached hydrogen (secondary N) is 2. The number of carbonyl (C=O) groups is 2. The highest BCUT2D eigenvalue weighted by molar-refractivity contribution is 7.46. The number of pyridine rings is 4. The zero-order valence-electron chi connectivity index (χ0n) is 42.6. The van der Waals surface area contributed by atoms with E-state index in [1.165, 1.54) is 29.2 Å². The van der Waals surface area contributed by atoms with Crippen LogP contribution in [-0.2, 0) is 39.8 Å². The molecule has 0 aromatic carbocycles. The number of aliphatic hydroxyl groups excluding tert-OH is 1. The number of fused-ring (bicyclic) bond motifs is 3. The monoisotopic (exact) mass is 1050 g/mol. The highest BCUT2D eigenvalue weighted by atomic mass is 32.1. The van der Waals surface area contributed by atoms with E-state index in [1.54, 1.807) is 47.8 Å². The number of aliphatic hydroxyl groups is 1. The van der Waals surface area contributed by atoms with Gasteiger partial charge in [-0.15, -0.1) is 11.3 Å². The fourth-order valence-corrected chi connectivity index (χ4v) is 14.3. The van der Waals surface area contributed by atoms with Crippen molar-refractivity contribution < 1.29 is 38.3 Å². The molecule has 2 aliphatic carbocycles. The predicted octanol–water partition coefficient (Wildman–Crippen LogP) is 8.54. The molecule has 18 nitrogen and oxygen atoms in total. The molecule has 5 aromatic heterocycles. The first kappa shape index (κ1) is 51.7. The maximum atomic E-state index is 14.1. The smallest absolute Gasteiger partial charge is 0.470 e. The second-order valence-corrected chi connectivity index (χ2v) is 23.0. The number of phosphoric ester groups is 1. The van der Waals surface area contributed by atoms with Gasteiger partial charge < -0.3 is 40.1 Å². The molecule has 3 aliphatic heterocycles. The van der Waals surface area contributed by atoms with Gasteiger partial charge in [0.25, 0.3) is 5.91 Å². The minimum atomic E-state index is -4.57. The average Bonchev–Trinajstić information content (AvgIpc) is 3.78. The van der Waals surface area contributed by atoms with E-state index in [2.05, 4.69) is 67.9 Å². The van der Waals surface area contributed by atoms with Gasteiger partial charge in [-0.3, -0.25) is 28.9 Å². The molecule has 5 aromatic rings. The fourth-order valence-electron chi connectivity index (χ4n) is 12.2. The maximum Gasteiger partial charge on any atom is 0.470 e. The molecular formula is C54H67N10O8PS. The fraction of sp³-hybridized carbons (Fsp3) is 0.481. The molecule has 0 radical (unpaired) electrons. The van der Waals surface area contributed by atoms with Crippen LogP contribution in [0.3, 0.4) is 0 Å². The Balaban J connectivity index is 0.813. The van der Waals surface area contributed by atoms with Crippen molar-refractivity contribution >= 4 is 65.4 Å². The van der Waals surface area contributed by atoms with Gasteiger partial charge >= 0.3 is 7.82 Å². The summed E-state index contributed by atoms with van der Waals surface area (Å²) in [5, 5.41) is 17.3. The number of piperidine rings is 1. The molecule has 5 aliphatic rings. The molecule has 10 rings (SSSR count). The first-order valence-electron chi connectivity index (χ1n) is 25.9. The van der Waals surface area contributed by atoms with E-state index in [4.69, 9.17) is 19.2 Å². The molecule has 8 heterocycles. The average molecular weight is 1050 g/mol. The second kappa shape index (κ2) is 21.4. The number of carbonyl (C=O) groups excluding carboxylic acids is 2. The largest absolute Gasteiger partial charge is 0.480 e.